The van der Waals surface area contributed by atoms with Crippen LogP contribution >= 0.6 is 0 Å². The van der Waals surface area contributed by atoms with Gasteiger partial charge in [0, 0.05) is 25.1 Å². The molecule has 1 aromatic heterocycles. The number of ether oxygens (including phenoxy) is 4. The van der Waals surface area contributed by atoms with E-state index in [0.717, 1.165) is 11.8 Å². The van der Waals surface area contributed by atoms with Gasteiger partial charge in [-0.05, 0) is 42.3 Å². The molecule has 36 heavy (non-hydrogen) atoms. The number of aromatic nitrogens is 1. The van der Waals surface area contributed by atoms with E-state index in [9.17, 15) is 19.5 Å². The van der Waals surface area contributed by atoms with Crippen molar-refractivity contribution in [2.75, 3.05) is 20.5 Å². The number of H-pyrrole nitrogens is 1. The normalized spacial score (nSPS) is 12.6. The van der Waals surface area contributed by atoms with Gasteiger partial charge >= 0.3 is 5.97 Å². The lowest BCUT2D eigenvalue weighted by molar-refractivity contribution is -0.121. The molecule has 0 aliphatic carbocycles. The Hall–Kier alpha value is -4.47. The molecule has 0 saturated heterocycles. The summed E-state index contributed by atoms with van der Waals surface area (Å²) >= 11 is 0. The maximum atomic E-state index is 13.0. The highest BCUT2D eigenvalue weighted by atomic mass is 16.7. The van der Waals surface area contributed by atoms with E-state index in [2.05, 4.69) is 10.3 Å². The molecule has 3 aromatic rings. The van der Waals surface area contributed by atoms with Gasteiger partial charge in [-0.1, -0.05) is 18.2 Å². The van der Waals surface area contributed by atoms with Crippen molar-refractivity contribution in [2.24, 2.45) is 0 Å². The van der Waals surface area contributed by atoms with Crippen molar-refractivity contribution in [2.45, 2.75) is 25.8 Å². The number of aromatic hydroxyl groups is 1. The van der Waals surface area contributed by atoms with E-state index in [4.69, 9.17) is 18.9 Å². The van der Waals surface area contributed by atoms with Crippen molar-refractivity contribution in [1.82, 2.24) is 10.3 Å². The fourth-order valence-electron chi connectivity index (χ4n) is 3.96. The van der Waals surface area contributed by atoms with Gasteiger partial charge in [0.15, 0.2) is 11.5 Å². The zero-order valence-corrected chi connectivity index (χ0v) is 19.8. The molecular weight excluding hydrogens is 468 g/mol. The lowest BCUT2D eigenvalue weighted by Crippen LogP contribution is -2.27. The Bertz CT molecular complexity index is 1320. The number of rotatable bonds is 9. The molecule has 0 radical (unpaired) electrons. The number of esters is 1. The average molecular weight is 495 g/mol. The fourth-order valence-corrected chi connectivity index (χ4v) is 3.96. The Labute approximate surface area is 206 Å². The second-order valence-corrected chi connectivity index (χ2v) is 8.01. The number of carbonyl (C=O) groups excluding carboxylic acids is 2. The summed E-state index contributed by atoms with van der Waals surface area (Å²) in [7, 11) is 1.52. The first kappa shape index (κ1) is 24.6. The Morgan fingerprint density at radius 2 is 1.89 bits per heavy atom. The molecule has 1 aliphatic heterocycles. The zero-order chi connectivity index (χ0) is 25.7. The van der Waals surface area contributed by atoms with Crippen LogP contribution in [0.1, 0.15) is 46.3 Å². The number of nitrogens with one attached hydrogen (secondary N) is 2. The maximum Gasteiger partial charge on any atom is 0.343 e. The molecule has 2 heterocycles. The maximum absolute atomic E-state index is 13.0. The summed E-state index contributed by atoms with van der Waals surface area (Å²) in [5.74, 6) is -0.705. The molecular formula is C26H26N2O8. The Balaban J connectivity index is 1.62. The largest absolute Gasteiger partial charge is 0.506 e. The van der Waals surface area contributed by atoms with E-state index in [1.807, 2.05) is 6.07 Å². The van der Waals surface area contributed by atoms with Crippen LogP contribution in [0.5, 0.6) is 23.0 Å². The highest BCUT2D eigenvalue weighted by Gasteiger charge is 2.28. The monoisotopic (exact) mass is 494 g/mol. The van der Waals surface area contributed by atoms with Gasteiger partial charge in [-0.2, -0.15) is 0 Å². The molecule has 10 heteroatoms. The molecule has 0 unspecified atom stereocenters. The number of hydrogen-bond donors (Lipinski definition) is 3. The smallest absolute Gasteiger partial charge is 0.343 e. The molecule has 0 spiro atoms. The average Bonchev–Trinajstić information content (AvgIpc) is 3.35. The number of aromatic amines is 1. The number of methoxy groups -OCH3 is 1. The van der Waals surface area contributed by atoms with Gasteiger partial charge in [0.25, 0.3) is 5.56 Å². The quantitative estimate of drug-likeness (QED) is 0.387. The molecule has 1 atom stereocenters. The van der Waals surface area contributed by atoms with Crippen LogP contribution in [0.15, 0.2) is 53.5 Å². The Morgan fingerprint density at radius 1 is 1.14 bits per heavy atom. The number of fused-ring (bicyclic) bond motifs is 1. The minimum atomic E-state index is -0.856. The van der Waals surface area contributed by atoms with E-state index in [0.29, 0.717) is 22.8 Å². The first-order valence-electron chi connectivity index (χ1n) is 11.3. The van der Waals surface area contributed by atoms with Crippen LogP contribution in [0.2, 0.25) is 0 Å². The number of pyridine rings is 1. The van der Waals surface area contributed by atoms with Crippen LogP contribution in [0.25, 0.3) is 0 Å². The van der Waals surface area contributed by atoms with Crippen molar-refractivity contribution < 1.29 is 33.6 Å². The summed E-state index contributed by atoms with van der Waals surface area (Å²) in [6.07, 6.45) is 0.934. The molecule has 0 saturated carbocycles. The van der Waals surface area contributed by atoms with Crippen molar-refractivity contribution in [3.63, 3.8) is 0 Å². The predicted molar refractivity (Wildman–Crippen MR) is 129 cm³/mol. The Morgan fingerprint density at radius 3 is 2.61 bits per heavy atom. The first-order valence-corrected chi connectivity index (χ1v) is 11.3. The van der Waals surface area contributed by atoms with E-state index >= 15 is 0 Å². The van der Waals surface area contributed by atoms with Crippen LogP contribution < -0.4 is 25.1 Å². The highest BCUT2D eigenvalue weighted by Crippen LogP contribution is 2.35. The van der Waals surface area contributed by atoms with E-state index < -0.39 is 23.2 Å². The summed E-state index contributed by atoms with van der Waals surface area (Å²) < 4.78 is 20.9. The number of hydrogen-bond acceptors (Lipinski definition) is 8. The molecule has 188 valence electrons. The Kier molecular flexibility index (Phi) is 7.43. The molecule has 0 bridgehead atoms. The molecule has 2 aromatic carbocycles. The third-order valence-corrected chi connectivity index (χ3v) is 5.78. The van der Waals surface area contributed by atoms with Gasteiger partial charge in [-0.25, -0.2) is 4.79 Å². The van der Waals surface area contributed by atoms with Gasteiger partial charge in [0.05, 0.1) is 19.3 Å². The molecule has 1 aliphatic rings. The summed E-state index contributed by atoms with van der Waals surface area (Å²) in [5.41, 5.74) is 0.467. The fraction of sp³-hybridized carbons (Fsp3) is 0.269. The first-order chi connectivity index (χ1) is 17.4. The van der Waals surface area contributed by atoms with Crippen LogP contribution in [0.3, 0.4) is 0 Å². The minimum absolute atomic E-state index is 0.0942. The third kappa shape index (κ3) is 5.27. The molecule has 1 amide bonds. The molecule has 3 N–H and O–H groups in total. The van der Waals surface area contributed by atoms with Gasteiger partial charge < -0.3 is 34.4 Å². The molecule has 10 nitrogen and oxygen atoms in total. The van der Waals surface area contributed by atoms with Gasteiger partial charge in [-0.3, -0.25) is 9.59 Å². The second kappa shape index (κ2) is 10.9. The van der Waals surface area contributed by atoms with Crippen molar-refractivity contribution in [3.8, 4) is 23.0 Å². The standard InChI is InChI=1S/C26H26N2O8/c1-3-34-26(32)19-13-28-25(31)23(24(19)30)18(16-5-7-17(33-2)8-6-16)11-22(29)27-12-15-4-9-20-21(10-15)36-14-35-20/h4-10,13,18H,3,11-12,14H2,1-2H3,(H,27,29)(H2,28,30,31)/t18-/m1/s1. The molecule has 0 fully saturated rings. The summed E-state index contributed by atoms with van der Waals surface area (Å²) in [6.45, 7) is 2.09. The minimum Gasteiger partial charge on any atom is -0.506 e. The van der Waals surface area contributed by atoms with Crippen molar-refractivity contribution in [3.05, 3.63) is 81.3 Å². The van der Waals surface area contributed by atoms with E-state index in [1.54, 1.807) is 43.3 Å². The summed E-state index contributed by atoms with van der Waals surface area (Å²) in [6, 6.07) is 12.1. The lowest BCUT2D eigenvalue weighted by atomic mass is 9.87. The number of benzene rings is 2. The number of carbonyl (C=O) groups is 2. The highest BCUT2D eigenvalue weighted by molar-refractivity contribution is 5.92. The number of amides is 1. The van der Waals surface area contributed by atoms with Gasteiger partial charge in [-0.15, -0.1) is 0 Å². The second-order valence-electron chi connectivity index (χ2n) is 8.01. The van der Waals surface area contributed by atoms with Gasteiger partial charge in [0.1, 0.15) is 17.1 Å². The van der Waals surface area contributed by atoms with Crippen LogP contribution in [0, 0.1) is 0 Å². The van der Waals surface area contributed by atoms with E-state index in [1.165, 1.54) is 7.11 Å². The lowest BCUT2D eigenvalue weighted by Gasteiger charge is -2.19. The van der Waals surface area contributed by atoms with Crippen molar-refractivity contribution in [1.29, 1.82) is 0 Å². The SMILES string of the molecule is CCOC(=O)c1c[nH]c(=O)c([C@H](CC(=O)NCc2ccc3c(c2)OCO3)c2ccc(OC)cc2)c1O. The van der Waals surface area contributed by atoms with Gasteiger partial charge in [0.2, 0.25) is 12.7 Å². The molecule has 4 rings (SSSR count). The van der Waals surface area contributed by atoms with Crippen molar-refractivity contribution >= 4 is 11.9 Å². The summed E-state index contributed by atoms with van der Waals surface area (Å²) in [4.78, 5) is 40.6. The van der Waals surface area contributed by atoms with E-state index in [-0.39, 0.29) is 43.4 Å². The third-order valence-electron chi connectivity index (χ3n) is 5.78. The summed E-state index contributed by atoms with van der Waals surface area (Å²) in [5, 5.41) is 13.7. The topological polar surface area (TPSA) is 136 Å². The van der Waals surface area contributed by atoms with Crippen LogP contribution in [-0.4, -0.2) is 42.5 Å². The predicted octanol–water partition coefficient (Wildman–Crippen LogP) is 2.83. The van der Waals surface area contributed by atoms with Crippen LogP contribution in [-0.2, 0) is 16.1 Å². The zero-order valence-electron chi connectivity index (χ0n) is 19.8. The van der Waals surface area contributed by atoms with Crippen LogP contribution in [0.4, 0.5) is 0 Å².